The van der Waals surface area contributed by atoms with E-state index >= 15 is 0 Å². The molecule has 1 saturated heterocycles. The Morgan fingerprint density at radius 3 is 2.91 bits per heavy atom. The zero-order valence-corrected chi connectivity index (χ0v) is 12.4. The van der Waals surface area contributed by atoms with Gasteiger partial charge in [0, 0.05) is 26.1 Å². The SMILES string of the molecule is COCCNc1ccc(C(=O)O[C@@H]2CCOC2=O)cc1[N+](=O)[O-]. The van der Waals surface area contributed by atoms with E-state index in [1.54, 1.807) is 0 Å². The summed E-state index contributed by atoms with van der Waals surface area (Å²) in [6.45, 7) is 0.957. The summed E-state index contributed by atoms with van der Waals surface area (Å²) >= 11 is 0. The number of carbonyl (C=O) groups is 2. The van der Waals surface area contributed by atoms with E-state index in [0.29, 0.717) is 13.2 Å². The molecule has 1 fully saturated rings. The van der Waals surface area contributed by atoms with Gasteiger partial charge in [-0.1, -0.05) is 0 Å². The molecule has 1 N–H and O–H groups in total. The Kier molecular flexibility index (Phi) is 5.47. The number of hydrogen-bond donors (Lipinski definition) is 1. The van der Waals surface area contributed by atoms with Gasteiger partial charge >= 0.3 is 11.9 Å². The fourth-order valence-corrected chi connectivity index (χ4v) is 2.03. The van der Waals surface area contributed by atoms with Crippen LogP contribution in [0.4, 0.5) is 11.4 Å². The van der Waals surface area contributed by atoms with Gasteiger partial charge in [0.25, 0.3) is 5.69 Å². The molecule has 1 heterocycles. The highest BCUT2D eigenvalue weighted by Crippen LogP contribution is 2.26. The minimum atomic E-state index is -0.957. The Morgan fingerprint density at radius 2 is 2.30 bits per heavy atom. The third kappa shape index (κ3) is 4.16. The predicted molar refractivity (Wildman–Crippen MR) is 78.2 cm³/mol. The van der Waals surface area contributed by atoms with E-state index < -0.39 is 23.0 Å². The maximum absolute atomic E-state index is 12.0. The molecule has 1 atom stereocenters. The first-order chi connectivity index (χ1) is 11.0. The molecule has 1 aliphatic heterocycles. The number of carbonyl (C=O) groups excluding carboxylic acids is 2. The minimum absolute atomic E-state index is 0.00584. The lowest BCUT2D eigenvalue weighted by Gasteiger charge is -2.10. The molecule has 124 valence electrons. The smallest absolute Gasteiger partial charge is 0.347 e. The predicted octanol–water partition coefficient (Wildman–Crippen LogP) is 1.13. The van der Waals surface area contributed by atoms with Crippen molar-refractivity contribution in [3.05, 3.63) is 33.9 Å². The number of nitro benzene ring substituents is 1. The van der Waals surface area contributed by atoms with Crippen molar-refractivity contribution < 1.29 is 28.7 Å². The number of nitrogens with zero attached hydrogens (tertiary/aromatic N) is 1. The molecule has 9 heteroatoms. The Hall–Kier alpha value is -2.68. The lowest BCUT2D eigenvalue weighted by Crippen LogP contribution is -2.22. The van der Waals surface area contributed by atoms with Crippen LogP contribution in [0.3, 0.4) is 0 Å². The van der Waals surface area contributed by atoms with Crippen LogP contribution in [-0.4, -0.2) is 49.8 Å². The van der Waals surface area contributed by atoms with Crippen LogP contribution in [0.1, 0.15) is 16.8 Å². The summed E-state index contributed by atoms with van der Waals surface area (Å²) in [6.07, 6.45) is -0.676. The van der Waals surface area contributed by atoms with Crippen LogP contribution in [0.15, 0.2) is 18.2 Å². The van der Waals surface area contributed by atoms with E-state index in [4.69, 9.17) is 14.2 Å². The second-order valence-electron chi connectivity index (χ2n) is 4.76. The third-order valence-corrected chi connectivity index (χ3v) is 3.19. The highest BCUT2D eigenvalue weighted by molar-refractivity contribution is 5.93. The summed E-state index contributed by atoms with van der Waals surface area (Å²) in [5, 5.41) is 14.0. The van der Waals surface area contributed by atoms with Crippen LogP contribution in [0.5, 0.6) is 0 Å². The first kappa shape index (κ1) is 16.7. The number of benzene rings is 1. The average Bonchev–Trinajstić information content (AvgIpc) is 2.92. The largest absolute Gasteiger partial charge is 0.463 e. The molecule has 0 spiro atoms. The molecular formula is C14H16N2O7. The normalized spacial score (nSPS) is 16.7. The number of anilines is 1. The molecule has 0 saturated carbocycles. The molecule has 0 aromatic heterocycles. The first-order valence-corrected chi connectivity index (χ1v) is 6.92. The lowest BCUT2D eigenvalue weighted by atomic mass is 10.1. The number of hydrogen-bond acceptors (Lipinski definition) is 8. The van der Waals surface area contributed by atoms with E-state index in [9.17, 15) is 19.7 Å². The van der Waals surface area contributed by atoms with Crippen molar-refractivity contribution in [2.24, 2.45) is 0 Å². The van der Waals surface area contributed by atoms with E-state index in [2.05, 4.69) is 5.32 Å². The molecule has 1 aliphatic rings. The molecule has 0 bridgehead atoms. The summed E-state index contributed by atoms with van der Waals surface area (Å²) in [5.41, 5.74) is 0.00196. The topological polar surface area (TPSA) is 117 Å². The second-order valence-corrected chi connectivity index (χ2v) is 4.76. The van der Waals surface area contributed by atoms with E-state index in [-0.39, 0.29) is 30.0 Å². The molecule has 23 heavy (non-hydrogen) atoms. The molecule has 0 amide bonds. The van der Waals surface area contributed by atoms with Crippen LogP contribution in [0.25, 0.3) is 0 Å². The fourth-order valence-electron chi connectivity index (χ4n) is 2.03. The number of cyclic esters (lactones) is 1. The van der Waals surface area contributed by atoms with Gasteiger partial charge < -0.3 is 19.5 Å². The van der Waals surface area contributed by atoms with E-state index in [1.807, 2.05) is 0 Å². The maximum Gasteiger partial charge on any atom is 0.347 e. The van der Waals surface area contributed by atoms with E-state index in [0.717, 1.165) is 6.07 Å². The second kappa shape index (κ2) is 7.54. The van der Waals surface area contributed by atoms with Gasteiger partial charge in [0.1, 0.15) is 5.69 Å². The monoisotopic (exact) mass is 324 g/mol. The first-order valence-electron chi connectivity index (χ1n) is 6.92. The number of esters is 2. The summed E-state index contributed by atoms with van der Waals surface area (Å²) in [4.78, 5) is 33.8. The van der Waals surface area contributed by atoms with Gasteiger partial charge in [-0.05, 0) is 12.1 Å². The highest BCUT2D eigenvalue weighted by Gasteiger charge is 2.31. The van der Waals surface area contributed by atoms with Gasteiger partial charge in [0.05, 0.1) is 23.7 Å². The average molecular weight is 324 g/mol. The van der Waals surface area contributed by atoms with Gasteiger partial charge in [-0.15, -0.1) is 0 Å². The molecule has 1 aromatic rings. The lowest BCUT2D eigenvalue weighted by molar-refractivity contribution is -0.384. The van der Waals surface area contributed by atoms with Gasteiger partial charge in [-0.25, -0.2) is 9.59 Å². The molecule has 0 radical (unpaired) electrons. The zero-order valence-electron chi connectivity index (χ0n) is 12.4. The van der Waals surface area contributed by atoms with Crippen molar-refractivity contribution in [2.45, 2.75) is 12.5 Å². The summed E-state index contributed by atoms with van der Waals surface area (Å²) in [5.74, 6) is -1.41. The van der Waals surface area contributed by atoms with Crippen molar-refractivity contribution in [1.29, 1.82) is 0 Å². The molecule has 9 nitrogen and oxygen atoms in total. The van der Waals surface area contributed by atoms with Crippen LogP contribution in [0, 0.1) is 10.1 Å². The van der Waals surface area contributed by atoms with Crippen molar-refractivity contribution in [3.8, 4) is 0 Å². The summed E-state index contributed by atoms with van der Waals surface area (Å²) < 4.78 is 14.6. The highest BCUT2D eigenvalue weighted by atomic mass is 16.6. The molecule has 1 aromatic carbocycles. The molecule has 0 unspecified atom stereocenters. The number of rotatable bonds is 7. The Bertz CT molecular complexity index is 617. The maximum atomic E-state index is 12.0. The van der Waals surface area contributed by atoms with Crippen molar-refractivity contribution >= 4 is 23.3 Å². The van der Waals surface area contributed by atoms with Crippen LogP contribution >= 0.6 is 0 Å². The van der Waals surface area contributed by atoms with Crippen molar-refractivity contribution in [3.63, 3.8) is 0 Å². The Balaban J connectivity index is 2.12. The van der Waals surface area contributed by atoms with Gasteiger partial charge in [-0.3, -0.25) is 10.1 Å². The van der Waals surface area contributed by atoms with E-state index in [1.165, 1.54) is 19.2 Å². The number of nitro groups is 1. The van der Waals surface area contributed by atoms with Crippen molar-refractivity contribution in [1.82, 2.24) is 0 Å². The minimum Gasteiger partial charge on any atom is -0.463 e. The molecule has 2 rings (SSSR count). The van der Waals surface area contributed by atoms with Crippen LogP contribution < -0.4 is 5.32 Å². The fraction of sp³-hybridized carbons (Fsp3) is 0.429. The summed E-state index contributed by atoms with van der Waals surface area (Å²) in [7, 11) is 1.52. The Labute approximate surface area is 131 Å². The van der Waals surface area contributed by atoms with Gasteiger partial charge in [0.2, 0.25) is 6.10 Å². The van der Waals surface area contributed by atoms with Crippen molar-refractivity contribution in [2.75, 3.05) is 32.2 Å². The number of nitrogens with one attached hydrogen (secondary N) is 1. The van der Waals surface area contributed by atoms with Gasteiger partial charge in [0.15, 0.2) is 0 Å². The summed E-state index contributed by atoms with van der Waals surface area (Å²) in [6, 6.07) is 3.92. The van der Waals surface area contributed by atoms with Crippen LogP contribution in [0.2, 0.25) is 0 Å². The standard InChI is InChI=1S/C14H16N2O7/c1-21-7-5-15-10-3-2-9(8-11(10)16(19)20)13(17)23-12-4-6-22-14(12)18/h2-3,8,12,15H,4-7H2,1H3/t12-/m1/s1. The zero-order chi connectivity index (χ0) is 16.8. The molecule has 0 aliphatic carbocycles. The Morgan fingerprint density at radius 1 is 1.52 bits per heavy atom. The number of ether oxygens (including phenoxy) is 3. The number of methoxy groups -OCH3 is 1. The van der Waals surface area contributed by atoms with Gasteiger partial charge in [-0.2, -0.15) is 0 Å². The quantitative estimate of drug-likeness (QED) is 0.343. The third-order valence-electron chi connectivity index (χ3n) is 3.19. The molecular weight excluding hydrogens is 308 g/mol. The van der Waals surface area contributed by atoms with Crippen LogP contribution in [-0.2, 0) is 19.0 Å².